The SMILES string of the molecule is CCC1(C)OC(C)(C)C(CCO)CC1O. The first-order chi connectivity index (χ1) is 6.85. The van der Waals surface area contributed by atoms with Crippen LogP contribution in [0.15, 0.2) is 0 Å². The van der Waals surface area contributed by atoms with Gasteiger partial charge in [0.15, 0.2) is 0 Å². The van der Waals surface area contributed by atoms with Crippen molar-refractivity contribution in [1.29, 1.82) is 0 Å². The number of ether oxygens (including phenoxy) is 1. The summed E-state index contributed by atoms with van der Waals surface area (Å²) < 4.78 is 6.03. The minimum atomic E-state index is -0.435. The summed E-state index contributed by atoms with van der Waals surface area (Å²) in [5.74, 6) is 0.233. The van der Waals surface area contributed by atoms with E-state index in [2.05, 4.69) is 0 Å². The second-order valence-electron chi connectivity index (χ2n) is 5.33. The van der Waals surface area contributed by atoms with Crippen molar-refractivity contribution in [3.8, 4) is 0 Å². The van der Waals surface area contributed by atoms with E-state index in [0.717, 1.165) is 12.8 Å². The summed E-state index contributed by atoms with van der Waals surface area (Å²) in [5.41, 5.74) is -0.692. The minimum Gasteiger partial charge on any atom is -0.396 e. The Bertz CT molecular complexity index is 215. The Morgan fingerprint density at radius 1 is 1.33 bits per heavy atom. The van der Waals surface area contributed by atoms with Crippen molar-refractivity contribution < 1.29 is 14.9 Å². The van der Waals surface area contributed by atoms with Gasteiger partial charge in [0.2, 0.25) is 0 Å². The van der Waals surface area contributed by atoms with Crippen molar-refractivity contribution in [1.82, 2.24) is 0 Å². The molecule has 1 heterocycles. The monoisotopic (exact) mass is 216 g/mol. The summed E-state index contributed by atoms with van der Waals surface area (Å²) in [5, 5.41) is 19.0. The zero-order valence-corrected chi connectivity index (χ0v) is 10.3. The maximum Gasteiger partial charge on any atom is 0.0917 e. The average molecular weight is 216 g/mol. The summed E-state index contributed by atoms with van der Waals surface area (Å²) in [6, 6.07) is 0. The number of aliphatic hydroxyl groups excluding tert-OH is 2. The molecule has 3 heteroatoms. The molecule has 1 saturated heterocycles. The lowest BCUT2D eigenvalue weighted by atomic mass is 9.75. The standard InChI is InChI=1S/C12H24O3/c1-5-12(4)10(14)8-9(6-7-13)11(2,3)15-12/h9-10,13-14H,5-8H2,1-4H3. The Labute approximate surface area is 92.4 Å². The molecule has 0 bridgehead atoms. The van der Waals surface area contributed by atoms with Crippen molar-refractivity contribution in [2.75, 3.05) is 6.61 Å². The Balaban J connectivity index is 2.79. The van der Waals surface area contributed by atoms with E-state index in [4.69, 9.17) is 9.84 Å². The Morgan fingerprint density at radius 3 is 2.40 bits per heavy atom. The third-order valence-corrected chi connectivity index (χ3v) is 3.87. The normalized spacial score (nSPS) is 40.4. The third kappa shape index (κ3) is 2.52. The van der Waals surface area contributed by atoms with E-state index in [1.54, 1.807) is 0 Å². The Kier molecular flexibility index (Phi) is 3.80. The average Bonchev–Trinajstić information content (AvgIpc) is 2.14. The highest BCUT2D eigenvalue weighted by atomic mass is 16.5. The van der Waals surface area contributed by atoms with E-state index in [1.165, 1.54) is 0 Å². The van der Waals surface area contributed by atoms with Gasteiger partial charge in [-0.05, 0) is 46.0 Å². The van der Waals surface area contributed by atoms with Crippen molar-refractivity contribution in [3.63, 3.8) is 0 Å². The lowest BCUT2D eigenvalue weighted by molar-refractivity contribution is -0.243. The fraction of sp³-hybridized carbons (Fsp3) is 1.00. The van der Waals surface area contributed by atoms with Crippen LogP contribution in [-0.4, -0.2) is 34.1 Å². The fourth-order valence-electron chi connectivity index (χ4n) is 2.48. The van der Waals surface area contributed by atoms with E-state index in [0.29, 0.717) is 6.42 Å². The number of aliphatic hydroxyl groups is 2. The second kappa shape index (κ2) is 4.40. The van der Waals surface area contributed by atoms with Crippen LogP contribution in [0.4, 0.5) is 0 Å². The summed E-state index contributed by atoms with van der Waals surface area (Å²) >= 11 is 0. The van der Waals surface area contributed by atoms with Gasteiger partial charge in [0, 0.05) is 6.61 Å². The molecule has 3 unspecified atom stereocenters. The molecule has 0 amide bonds. The first-order valence-electron chi connectivity index (χ1n) is 5.85. The van der Waals surface area contributed by atoms with Gasteiger partial charge in [-0.3, -0.25) is 0 Å². The second-order valence-corrected chi connectivity index (χ2v) is 5.33. The molecule has 3 atom stereocenters. The molecule has 3 nitrogen and oxygen atoms in total. The van der Waals surface area contributed by atoms with Gasteiger partial charge in [-0.1, -0.05) is 6.92 Å². The lowest BCUT2D eigenvalue weighted by Gasteiger charge is -2.50. The van der Waals surface area contributed by atoms with E-state index in [1.807, 2.05) is 27.7 Å². The molecule has 1 aliphatic rings. The molecule has 1 rings (SSSR count). The van der Waals surface area contributed by atoms with Crippen LogP contribution in [0.5, 0.6) is 0 Å². The predicted octanol–water partition coefficient (Wildman–Crippen LogP) is 1.71. The van der Waals surface area contributed by atoms with Crippen LogP contribution < -0.4 is 0 Å². The number of hydrogen-bond acceptors (Lipinski definition) is 3. The van der Waals surface area contributed by atoms with Gasteiger partial charge in [-0.25, -0.2) is 0 Å². The van der Waals surface area contributed by atoms with Crippen LogP contribution in [0.2, 0.25) is 0 Å². The largest absolute Gasteiger partial charge is 0.396 e. The maximum atomic E-state index is 10.1. The van der Waals surface area contributed by atoms with Gasteiger partial charge in [-0.2, -0.15) is 0 Å². The molecule has 0 saturated carbocycles. The van der Waals surface area contributed by atoms with Crippen LogP contribution in [-0.2, 0) is 4.74 Å². The molecule has 0 spiro atoms. The van der Waals surface area contributed by atoms with Crippen LogP contribution in [0.1, 0.15) is 47.0 Å². The molecular formula is C12H24O3. The van der Waals surface area contributed by atoms with Gasteiger partial charge in [0.1, 0.15) is 0 Å². The van der Waals surface area contributed by atoms with Gasteiger partial charge in [0.25, 0.3) is 0 Å². The topological polar surface area (TPSA) is 49.7 Å². The summed E-state index contributed by atoms with van der Waals surface area (Å²) in [6.07, 6.45) is 1.80. The highest BCUT2D eigenvalue weighted by Gasteiger charge is 2.47. The minimum absolute atomic E-state index is 0.160. The molecule has 0 aromatic carbocycles. The quantitative estimate of drug-likeness (QED) is 0.755. The smallest absolute Gasteiger partial charge is 0.0917 e. The van der Waals surface area contributed by atoms with Gasteiger partial charge in [-0.15, -0.1) is 0 Å². The first-order valence-corrected chi connectivity index (χ1v) is 5.85. The van der Waals surface area contributed by atoms with Crippen LogP contribution in [0.3, 0.4) is 0 Å². The highest BCUT2D eigenvalue weighted by molar-refractivity contribution is 4.96. The third-order valence-electron chi connectivity index (χ3n) is 3.87. The zero-order valence-electron chi connectivity index (χ0n) is 10.3. The van der Waals surface area contributed by atoms with Gasteiger partial charge >= 0.3 is 0 Å². The fourth-order valence-corrected chi connectivity index (χ4v) is 2.48. The van der Waals surface area contributed by atoms with Crippen LogP contribution in [0, 0.1) is 5.92 Å². The molecule has 1 fully saturated rings. The number of rotatable bonds is 3. The van der Waals surface area contributed by atoms with Crippen molar-refractivity contribution in [3.05, 3.63) is 0 Å². The molecule has 0 radical (unpaired) electrons. The lowest BCUT2D eigenvalue weighted by Crippen LogP contribution is -2.56. The van der Waals surface area contributed by atoms with Crippen LogP contribution >= 0.6 is 0 Å². The predicted molar refractivity (Wildman–Crippen MR) is 59.7 cm³/mol. The summed E-state index contributed by atoms with van der Waals surface area (Å²) in [6.45, 7) is 8.26. The highest BCUT2D eigenvalue weighted by Crippen LogP contribution is 2.42. The maximum absolute atomic E-state index is 10.1. The van der Waals surface area contributed by atoms with E-state index >= 15 is 0 Å². The van der Waals surface area contributed by atoms with E-state index in [9.17, 15) is 5.11 Å². The molecule has 2 N–H and O–H groups in total. The van der Waals surface area contributed by atoms with Crippen molar-refractivity contribution >= 4 is 0 Å². The molecular weight excluding hydrogens is 192 g/mol. The molecule has 0 aromatic rings. The Morgan fingerprint density at radius 2 is 1.93 bits per heavy atom. The first kappa shape index (κ1) is 12.9. The van der Waals surface area contributed by atoms with Crippen molar-refractivity contribution in [2.45, 2.75) is 64.3 Å². The molecule has 90 valence electrons. The molecule has 15 heavy (non-hydrogen) atoms. The summed E-state index contributed by atoms with van der Waals surface area (Å²) in [7, 11) is 0. The van der Waals surface area contributed by atoms with Crippen molar-refractivity contribution in [2.24, 2.45) is 5.92 Å². The Hall–Kier alpha value is -0.120. The number of hydrogen-bond donors (Lipinski definition) is 2. The molecule has 0 aliphatic carbocycles. The van der Waals surface area contributed by atoms with Crippen LogP contribution in [0.25, 0.3) is 0 Å². The van der Waals surface area contributed by atoms with Gasteiger partial charge < -0.3 is 14.9 Å². The molecule has 0 aromatic heterocycles. The molecule has 1 aliphatic heterocycles. The summed E-state index contributed by atoms with van der Waals surface area (Å²) in [4.78, 5) is 0. The van der Waals surface area contributed by atoms with E-state index < -0.39 is 11.7 Å². The van der Waals surface area contributed by atoms with Gasteiger partial charge in [0.05, 0.1) is 17.3 Å². The van der Waals surface area contributed by atoms with E-state index in [-0.39, 0.29) is 18.1 Å². The zero-order chi connectivity index (χ0) is 11.7.